The Hall–Kier alpha value is -4.00. The number of benzene rings is 3. The minimum absolute atomic E-state index is 0.00424. The fraction of sp³-hybridized carbons (Fsp3) is 0.130. The number of carbonyl (C=O) groups excluding carboxylic acids is 2. The number of hydrogen-bond acceptors (Lipinski definition) is 6. The maximum absolute atomic E-state index is 13.2. The number of ketones is 1. The van der Waals surface area contributed by atoms with Crippen LogP contribution in [0.4, 0.5) is 17.1 Å². The highest BCUT2D eigenvalue weighted by Gasteiger charge is 2.23. The number of para-hydroxylation sites is 1. The number of aromatic hydroxyl groups is 1. The Kier molecular flexibility index (Phi) is 5.92. The van der Waals surface area contributed by atoms with Crippen molar-refractivity contribution >= 4 is 28.8 Å². The van der Waals surface area contributed by atoms with Crippen molar-refractivity contribution in [2.75, 3.05) is 37.2 Å². The monoisotopic (exact) mass is 405 g/mol. The predicted molar refractivity (Wildman–Crippen MR) is 118 cm³/mol. The van der Waals surface area contributed by atoms with E-state index in [1.54, 1.807) is 54.5 Å². The average Bonchev–Trinajstić information content (AvgIpc) is 2.75. The minimum Gasteiger partial charge on any atom is -0.507 e. The van der Waals surface area contributed by atoms with E-state index in [0.29, 0.717) is 22.6 Å². The molecule has 4 N–H and O–H groups in total. The first-order valence-corrected chi connectivity index (χ1v) is 9.21. The van der Waals surface area contributed by atoms with Crippen molar-refractivity contribution in [1.82, 2.24) is 0 Å². The summed E-state index contributed by atoms with van der Waals surface area (Å²) in [6.07, 6.45) is 0. The number of methoxy groups -OCH3 is 1. The van der Waals surface area contributed by atoms with Crippen LogP contribution < -0.4 is 20.7 Å². The first kappa shape index (κ1) is 20.7. The van der Waals surface area contributed by atoms with E-state index in [9.17, 15) is 14.7 Å². The van der Waals surface area contributed by atoms with Crippen molar-refractivity contribution in [2.45, 2.75) is 0 Å². The molecule has 0 atom stereocenters. The minimum atomic E-state index is -0.435. The van der Waals surface area contributed by atoms with Gasteiger partial charge in [0.15, 0.2) is 0 Å². The van der Waals surface area contributed by atoms with Crippen LogP contribution in [0.3, 0.4) is 0 Å². The molecular weight excluding hydrogens is 382 g/mol. The number of nitrogens with zero attached hydrogens (tertiary/aromatic N) is 1. The number of anilines is 3. The summed E-state index contributed by atoms with van der Waals surface area (Å²) in [7, 11) is 5.18. The number of carbonyl (C=O) groups is 2. The summed E-state index contributed by atoms with van der Waals surface area (Å²) in [5.41, 5.74) is 7.84. The molecule has 0 saturated carbocycles. The highest BCUT2D eigenvalue weighted by molar-refractivity contribution is 6.18. The van der Waals surface area contributed by atoms with E-state index in [0.717, 1.165) is 0 Å². The van der Waals surface area contributed by atoms with Crippen molar-refractivity contribution in [3.63, 3.8) is 0 Å². The van der Waals surface area contributed by atoms with Crippen LogP contribution in [0.15, 0.2) is 60.7 Å². The number of nitrogen functional groups attached to an aromatic ring is 1. The predicted octanol–water partition coefficient (Wildman–Crippen LogP) is 3.53. The number of phenols is 1. The third-order valence-corrected chi connectivity index (χ3v) is 4.68. The molecule has 0 aliphatic rings. The van der Waals surface area contributed by atoms with E-state index in [2.05, 4.69) is 5.32 Å². The SMILES string of the molecule is COc1ccc(C(=O)Nc2ccc(O)c(C(=O)c3ccccc3N(C)C)c2N)cc1. The molecule has 0 aliphatic heterocycles. The average molecular weight is 405 g/mol. The molecule has 0 unspecified atom stereocenters. The second-order valence-corrected chi connectivity index (χ2v) is 6.84. The second-order valence-electron chi connectivity index (χ2n) is 6.84. The first-order valence-electron chi connectivity index (χ1n) is 9.21. The second kappa shape index (κ2) is 8.57. The molecule has 7 heteroatoms. The summed E-state index contributed by atoms with van der Waals surface area (Å²) < 4.78 is 5.09. The van der Waals surface area contributed by atoms with Crippen molar-refractivity contribution < 1.29 is 19.4 Å². The molecule has 0 fully saturated rings. The maximum Gasteiger partial charge on any atom is 0.255 e. The molecule has 3 rings (SSSR count). The van der Waals surface area contributed by atoms with E-state index in [4.69, 9.17) is 10.5 Å². The van der Waals surface area contributed by atoms with Gasteiger partial charge in [-0.15, -0.1) is 0 Å². The summed E-state index contributed by atoms with van der Waals surface area (Å²) in [5.74, 6) is -0.464. The van der Waals surface area contributed by atoms with E-state index in [-0.39, 0.29) is 22.7 Å². The molecule has 0 heterocycles. The summed E-state index contributed by atoms with van der Waals surface area (Å²) in [6, 6.07) is 16.4. The van der Waals surface area contributed by atoms with Crippen LogP contribution in [0.2, 0.25) is 0 Å². The highest BCUT2D eigenvalue weighted by atomic mass is 16.5. The van der Waals surface area contributed by atoms with Crippen LogP contribution in [-0.2, 0) is 0 Å². The Morgan fingerprint density at radius 2 is 1.67 bits per heavy atom. The number of amides is 1. The molecule has 1 amide bonds. The zero-order chi connectivity index (χ0) is 21.8. The van der Waals surface area contributed by atoms with Crippen LogP contribution in [-0.4, -0.2) is 38.0 Å². The van der Waals surface area contributed by atoms with Gasteiger partial charge in [-0.1, -0.05) is 12.1 Å². The van der Waals surface area contributed by atoms with E-state index >= 15 is 0 Å². The van der Waals surface area contributed by atoms with Gasteiger partial charge in [0.2, 0.25) is 5.78 Å². The topological polar surface area (TPSA) is 105 Å². The molecule has 7 nitrogen and oxygen atoms in total. The van der Waals surface area contributed by atoms with Gasteiger partial charge in [-0.25, -0.2) is 0 Å². The van der Waals surface area contributed by atoms with Crippen LogP contribution in [0.5, 0.6) is 11.5 Å². The largest absolute Gasteiger partial charge is 0.507 e. The fourth-order valence-electron chi connectivity index (χ4n) is 3.08. The van der Waals surface area contributed by atoms with Gasteiger partial charge < -0.3 is 25.8 Å². The zero-order valence-electron chi connectivity index (χ0n) is 17.0. The van der Waals surface area contributed by atoms with Gasteiger partial charge in [0.1, 0.15) is 11.5 Å². The number of ether oxygens (including phenoxy) is 1. The van der Waals surface area contributed by atoms with Gasteiger partial charge in [-0.3, -0.25) is 9.59 Å². The van der Waals surface area contributed by atoms with Gasteiger partial charge in [0.25, 0.3) is 5.91 Å². The quantitative estimate of drug-likeness (QED) is 0.329. The first-order chi connectivity index (χ1) is 14.3. The Bertz CT molecular complexity index is 1090. The van der Waals surface area contributed by atoms with Crippen molar-refractivity contribution in [1.29, 1.82) is 0 Å². The molecule has 0 radical (unpaired) electrons. The number of hydrogen-bond donors (Lipinski definition) is 3. The van der Waals surface area contributed by atoms with E-state index in [1.165, 1.54) is 12.1 Å². The van der Waals surface area contributed by atoms with Gasteiger partial charge in [-0.05, 0) is 48.5 Å². The Labute approximate surface area is 174 Å². The van der Waals surface area contributed by atoms with Crippen molar-refractivity contribution in [3.05, 3.63) is 77.4 Å². The number of rotatable bonds is 6. The number of nitrogens with one attached hydrogen (secondary N) is 1. The van der Waals surface area contributed by atoms with Crippen molar-refractivity contribution in [2.24, 2.45) is 0 Å². The van der Waals surface area contributed by atoms with Gasteiger partial charge in [-0.2, -0.15) is 0 Å². The number of nitrogens with two attached hydrogens (primary N) is 1. The van der Waals surface area contributed by atoms with Gasteiger partial charge in [0.05, 0.1) is 24.0 Å². The molecule has 0 saturated heterocycles. The Balaban J connectivity index is 1.96. The van der Waals surface area contributed by atoms with Crippen LogP contribution in [0, 0.1) is 0 Å². The molecule has 154 valence electrons. The molecule has 3 aromatic carbocycles. The van der Waals surface area contributed by atoms with Crippen LogP contribution in [0.1, 0.15) is 26.3 Å². The maximum atomic E-state index is 13.2. The third kappa shape index (κ3) is 4.05. The fourth-order valence-corrected chi connectivity index (χ4v) is 3.08. The van der Waals surface area contributed by atoms with Crippen molar-refractivity contribution in [3.8, 4) is 11.5 Å². The molecule has 0 bridgehead atoms. The van der Waals surface area contributed by atoms with Crippen LogP contribution in [0.25, 0.3) is 0 Å². The summed E-state index contributed by atoms with van der Waals surface area (Å²) >= 11 is 0. The smallest absolute Gasteiger partial charge is 0.255 e. The molecule has 0 aliphatic carbocycles. The highest BCUT2D eigenvalue weighted by Crippen LogP contribution is 2.34. The summed E-state index contributed by atoms with van der Waals surface area (Å²) in [4.78, 5) is 27.6. The lowest BCUT2D eigenvalue weighted by Crippen LogP contribution is -2.17. The summed E-state index contributed by atoms with van der Waals surface area (Å²) in [5, 5.41) is 13.0. The standard InChI is InChI=1S/C23H23N3O4/c1-26(2)18-7-5-4-6-16(18)22(28)20-19(27)13-12-17(21(20)24)25-23(29)14-8-10-15(30-3)11-9-14/h4-13,27H,24H2,1-3H3,(H,25,29). The molecule has 0 spiro atoms. The zero-order valence-corrected chi connectivity index (χ0v) is 17.0. The third-order valence-electron chi connectivity index (χ3n) is 4.68. The van der Waals surface area contributed by atoms with E-state index < -0.39 is 11.7 Å². The van der Waals surface area contributed by atoms with Crippen LogP contribution >= 0.6 is 0 Å². The lowest BCUT2D eigenvalue weighted by atomic mass is 9.98. The summed E-state index contributed by atoms with van der Waals surface area (Å²) in [6.45, 7) is 0. The lowest BCUT2D eigenvalue weighted by Gasteiger charge is -2.18. The lowest BCUT2D eigenvalue weighted by molar-refractivity contribution is 0.102. The van der Waals surface area contributed by atoms with E-state index in [1.807, 2.05) is 20.2 Å². The normalized spacial score (nSPS) is 10.4. The Morgan fingerprint density at radius 1 is 1.00 bits per heavy atom. The van der Waals surface area contributed by atoms with Gasteiger partial charge in [0, 0.05) is 30.9 Å². The molecule has 30 heavy (non-hydrogen) atoms. The molecule has 3 aromatic rings. The molecular formula is C23H23N3O4. The number of phenolic OH excluding ortho intramolecular Hbond substituents is 1. The molecule has 0 aromatic heterocycles. The van der Waals surface area contributed by atoms with Gasteiger partial charge >= 0.3 is 0 Å². The Morgan fingerprint density at radius 3 is 2.30 bits per heavy atom.